The van der Waals surface area contributed by atoms with Crippen molar-refractivity contribution in [2.45, 2.75) is 0 Å². The minimum Gasteiger partial charge on any atom is -0.263 e. The lowest BCUT2D eigenvalue weighted by molar-refractivity contribution is 1.37. The zero-order chi connectivity index (χ0) is 20.8. The first kappa shape index (κ1) is 16.4. The molecule has 4 aromatic carbocycles. The number of rotatable bonds is 1. The van der Waals surface area contributed by atoms with Crippen molar-refractivity contribution < 1.29 is 0 Å². The van der Waals surface area contributed by atoms with E-state index < -0.39 is 0 Å². The van der Waals surface area contributed by atoms with Crippen molar-refractivity contribution in [1.82, 2.24) is 9.97 Å². The Morgan fingerprint density at radius 2 is 1.19 bits per heavy atom. The van der Waals surface area contributed by atoms with Gasteiger partial charge in [-0.05, 0) is 56.6 Å². The minimum atomic E-state index is 1.08. The Labute approximate surface area is 184 Å². The van der Waals surface area contributed by atoms with Gasteiger partial charge in [-0.2, -0.15) is 0 Å². The van der Waals surface area contributed by atoms with E-state index in [-0.39, 0.29) is 0 Å². The van der Waals surface area contributed by atoms with E-state index >= 15 is 0 Å². The number of pyridine rings is 2. The van der Waals surface area contributed by atoms with Crippen molar-refractivity contribution >= 4 is 21.7 Å². The molecule has 0 amide bonds. The van der Waals surface area contributed by atoms with Crippen LogP contribution in [0, 0.1) is 0 Å². The van der Waals surface area contributed by atoms with E-state index in [2.05, 4.69) is 83.8 Å². The standard InChI is InChI=1S/C30H16N2/c1-2-6-21-20(5-1)24-11-10-19(30-29(24)25(21)12-13-32-30)17-8-9-22-26(14-17)23-7-3-4-18-15-31-16-27(22)28(18)23/h1-16H. The molecule has 0 fully saturated rings. The number of nitrogens with zero attached hydrogens (tertiary/aromatic N) is 2. The van der Waals surface area contributed by atoms with Gasteiger partial charge in [-0.3, -0.25) is 9.97 Å². The predicted octanol–water partition coefficient (Wildman–Crippen LogP) is 7.74. The maximum absolute atomic E-state index is 4.86. The highest BCUT2D eigenvalue weighted by Crippen LogP contribution is 2.50. The summed E-state index contributed by atoms with van der Waals surface area (Å²) in [6, 6.07) is 28.6. The lowest BCUT2D eigenvalue weighted by Gasteiger charge is -2.11. The Morgan fingerprint density at radius 1 is 0.469 bits per heavy atom. The van der Waals surface area contributed by atoms with E-state index in [9.17, 15) is 0 Å². The molecule has 2 heterocycles. The normalized spacial score (nSPS) is 12.4. The summed E-state index contributed by atoms with van der Waals surface area (Å²) in [5, 5.41) is 3.77. The molecule has 0 N–H and O–H groups in total. The van der Waals surface area contributed by atoms with Crippen LogP contribution in [-0.2, 0) is 0 Å². The molecule has 0 atom stereocenters. The molecule has 2 heteroatoms. The molecule has 0 spiro atoms. The largest absolute Gasteiger partial charge is 0.263 e. The summed E-state index contributed by atoms with van der Waals surface area (Å²) in [4.78, 5) is 9.34. The summed E-state index contributed by atoms with van der Waals surface area (Å²) in [6.45, 7) is 0. The van der Waals surface area contributed by atoms with Crippen LogP contribution >= 0.6 is 0 Å². The zero-order valence-corrected chi connectivity index (χ0v) is 17.1. The van der Waals surface area contributed by atoms with Gasteiger partial charge in [-0.1, -0.05) is 66.7 Å². The molecule has 0 radical (unpaired) electrons. The first-order chi connectivity index (χ1) is 15.9. The van der Waals surface area contributed by atoms with Crippen LogP contribution in [0.1, 0.15) is 0 Å². The molecule has 6 aromatic rings. The molecule has 146 valence electrons. The van der Waals surface area contributed by atoms with Gasteiger partial charge < -0.3 is 0 Å². The maximum atomic E-state index is 4.86. The highest BCUT2D eigenvalue weighted by Gasteiger charge is 2.25. The van der Waals surface area contributed by atoms with Crippen LogP contribution < -0.4 is 0 Å². The number of benzene rings is 4. The molecular weight excluding hydrogens is 388 g/mol. The van der Waals surface area contributed by atoms with Gasteiger partial charge in [0, 0.05) is 45.9 Å². The maximum Gasteiger partial charge on any atom is 0.0792 e. The molecule has 32 heavy (non-hydrogen) atoms. The van der Waals surface area contributed by atoms with Crippen molar-refractivity contribution in [3.8, 4) is 55.6 Å². The van der Waals surface area contributed by atoms with Crippen LogP contribution in [0.2, 0.25) is 0 Å². The van der Waals surface area contributed by atoms with Gasteiger partial charge in [0.25, 0.3) is 0 Å². The van der Waals surface area contributed by atoms with Crippen molar-refractivity contribution in [2.75, 3.05) is 0 Å². The fourth-order valence-corrected chi connectivity index (χ4v) is 5.74. The van der Waals surface area contributed by atoms with Crippen molar-refractivity contribution in [3.05, 3.63) is 97.5 Å². The fraction of sp³-hybridized carbons (Fsp3) is 0. The number of aromatic nitrogens is 2. The summed E-state index contributed by atoms with van der Waals surface area (Å²) in [5.41, 5.74) is 13.7. The number of fused-ring (bicyclic) bond motifs is 6. The van der Waals surface area contributed by atoms with Crippen LogP contribution in [0.5, 0.6) is 0 Å². The third-order valence-corrected chi connectivity index (χ3v) is 7.09. The van der Waals surface area contributed by atoms with Crippen molar-refractivity contribution in [3.63, 3.8) is 0 Å². The number of hydrogen-bond donors (Lipinski definition) is 0. The topological polar surface area (TPSA) is 25.8 Å². The van der Waals surface area contributed by atoms with E-state index in [1.54, 1.807) is 0 Å². The summed E-state index contributed by atoms with van der Waals surface area (Å²) in [6.07, 6.45) is 5.90. The van der Waals surface area contributed by atoms with Gasteiger partial charge in [0.15, 0.2) is 0 Å². The molecule has 0 bridgehead atoms. The van der Waals surface area contributed by atoms with Crippen LogP contribution in [0.25, 0.3) is 77.3 Å². The Morgan fingerprint density at radius 3 is 2.09 bits per heavy atom. The van der Waals surface area contributed by atoms with E-state index in [1.165, 1.54) is 71.8 Å². The van der Waals surface area contributed by atoms with Crippen molar-refractivity contribution in [1.29, 1.82) is 0 Å². The first-order valence-electron chi connectivity index (χ1n) is 10.9. The van der Waals surface area contributed by atoms with Gasteiger partial charge in [0.1, 0.15) is 0 Å². The average Bonchev–Trinajstić information content (AvgIpc) is 3.36. The van der Waals surface area contributed by atoms with Crippen molar-refractivity contribution in [2.24, 2.45) is 0 Å². The predicted molar refractivity (Wildman–Crippen MR) is 131 cm³/mol. The van der Waals surface area contributed by atoms with Gasteiger partial charge in [0.05, 0.1) is 5.52 Å². The molecule has 2 aromatic heterocycles. The summed E-state index contributed by atoms with van der Waals surface area (Å²) >= 11 is 0. The Kier molecular flexibility index (Phi) is 2.91. The molecule has 0 unspecified atom stereocenters. The van der Waals surface area contributed by atoms with E-state index in [0.29, 0.717) is 0 Å². The Bertz CT molecular complexity index is 1740. The monoisotopic (exact) mass is 404 g/mol. The molecule has 2 nitrogen and oxygen atoms in total. The quantitative estimate of drug-likeness (QED) is 0.279. The van der Waals surface area contributed by atoms with E-state index in [1.807, 2.05) is 18.6 Å². The second-order valence-electron chi connectivity index (χ2n) is 8.64. The molecule has 0 aliphatic heterocycles. The highest BCUT2D eigenvalue weighted by molar-refractivity contribution is 6.18. The van der Waals surface area contributed by atoms with Crippen LogP contribution in [0.15, 0.2) is 97.5 Å². The fourth-order valence-electron chi connectivity index (χ4n) is 5.74. The van der Waals surface area contributed by atoms with Gasteiger partial charge in [-0.15, -0.1) is 0 Å². The highest BCUT2D eigenvalue weighted by atomic mass is 14.7. The SMILES string of the molecule is c1ccc2c(c1)-c1ccnc3c(-c4ccc5c(c4)-c4cccc6cncc-5c46)ccc-2c13. The van der Waals surface area contributed by atoms with E-state index in [0.717, 1.165) is 5.52 Å². The van der Waals surface area contributed by atoms with Gasteiger partial charge in [0.2, 0.25) is 0 Å². The second kappa shape index (κ2) is 5.68. The third kappa shape index (κ3) is 1.91. The first-order valence-corrected chi connectivity index (χ1v) is 10.9. The van der Waals surface area contributed by atoms with Gasteiger partial charge >= 0.3 is 0 Å². The minimum absolute atomic E-state index is 1.08. The average molecular weight is 404 g/mol. The zero-order valence-electron chi connectivity index (χ0n) is 17.1. The smallest absolute Gasteiger partial charge is 0.0792 e. The number of hydrogen-bond acceptors (Lipinski definition) is 2. The molecular formula is C30H16N2. The van der Waals surface area contributed by atoms with Gasteiger partial charge in [-0.25, -0.2) is 0 Å². The van der Waals surface area contributed by atoms with E-state index in [4.69, 9.17) is 4.98 Å². The second-order valence-corrected chi connectivity index (χ2v) is 8.64. The lowest BCUT2D eigenvalue weighted by Crippen LogP contribution is -1.87. The molecule has 2 aliphatic carbocycles. The third-order valence-electron chi connectivity index (χ3n) is 7.09. The molecule has 2 aliphatic rings. The molecule has 0 saturated heterocycles. The summed E-state index contributed by atoms with van der Waals surface area (Å²) in [7, 11) is 0. The Hall–Kier alpha value is -4.30. The van der Waals surface area contributed by atoms with Crippen LogP contribution in [-0.4, -0.2) is 9.97 Å². The summed E-state index contributed by atoms with van der Waals surface area (Å²) in [5.74, 6) is 0. The Balaban J connectivity index is 1.40. The molecule has 0 saturated carbocycles. The molecule has 8 rings (SSSR count). The van der Waals surface area contributed by atoms with Crippen LogP contribution in [0.3, 0.4) is 0 Å². The lowest BCUT2D eigenvalue weighted by atomic mass is 9.94. The van der Waals surface area contributed by atoms with Crippen LogP contribution in [0.4, 0.5) is 0 Å². The summed E-state index contributed by atoms with van der Waals surface area (Å²) < 4.78 is 0.